The van der Waals surface area contributed by atoms with Crippen LogP contribution in [0.15, 0.2) is 18.3 Å². The minimum absolute atomic E-state index is 0.00145. The molecule has 0 spiro atoms. The molecule has 0 aliphatic heterocycles. The number of amides is 1. The van der Waals surface area contributed by atoms with Gasteiger partial charge in [0.1, 0.15) is 0 Å². The number of alkyl halides is 1. The molecule has 3 nitrogen and oxygen atoms in total. The van der Waals surface area contributed by atoms with Crippen LogP contribution in [-0.2, 0) is 0 Å². The summed E-state index contributed by atoms with van der Waals surface area (Å²) >= 11 is 3.65. The van der Waals surface area contributed by atoms with Crippen LogP contribution in [0.5, 0.6) is 0 Å². The van der Waals surface area contributed by atoms with Crippen molar-refractivity contribution in [2.75, 3.05) is 6.54 Å². The lowest BCUT2D eigenvalue weighted by molar-refractivity contribution is 0.0943. The highest BCUT2D eigenvalue weighted by atomic mass is 79.9. The Bertz CT molecular complexity index is 414. The molecule has 0 aromatic carbocycles. The maximum absolute atomic E-state index is 12.0. The summed E-state index contributed by atoms with van der Waals surface area (Å²) in [5.74, 6) is 0.626. The van der Waals surface area contributed by atoms with Crippen molar-refractivity contribution in [2.24, 2.45) is 5.92 Å². The molecule has 18 heavy (non-hydrogen) atoms. The number of pyridine rings is 1. The van der Waals surface area contributed by atoms with Gasteiger partial charge in [0, 0.05) is 23.3 Å². The molecule has 1 N–H and O–H groups in total. The molecule has 1 fully saturated rings. The van der Waals surface area contributed by atoms with Gasteiger partial charge in [-0.3, -0.25) is 9.78 Å². The number of rotatable bonds is 3. The summed E-state index contributed by atoms with van der Waals surface area (Å²) in [5.41, 5.74) is 1.48. The van der Waals surface area contributed by atoms with Gasteiger partial charge in [-0.2, -0.15) is 0 Å². The van der Waals surface area contributed by atoms with Gasteiger partial charge in [-0.15, -0.1) is 0 Å². The normalized spacial score (nSPS) is 23.7. The fourth-order valence-corrected chi connectivity index (χ4v) is 2.91. The molecule has 4 heteroatoms. The Morgan fingerprint density at radius 2 is 2.17 bits per heavy atom. The van der Waals surface area contributed by atoms with Gasteiger partial charge >= 0.3 is 0 Å². The summed E-state index contributed by atoms with van der Waals surface area (Å²) < 4.78 is 0. The third-order valence-electron chi connectivity index (χ3n) is 3.58. The van der Waals surface area contributed by atoms with Crippen molar-refractivity contribution in [1.29, 1.82) is 0 Å². The zero-order valence-electron chi connectivity index (χ0n) is 10.7. The second kappa shape index (κ2) is 6.32. The Balaban J connectivity index is 1.84. The molecule has 0 radical (unpaired) electrons. The van der Waals surface area contributed by atoms with Crippen molar-refractivity contribution in [3.8, 4) is 0 Å². The van der Waals surface area contributed by atoms with E-state index in [1.54, 1.807) is 12.3 Å². The lowest BCUT2D eigenvalue weighted by Gasteiger charge is -2.25. The van der Waals surface area contributed by atoms with Crippen molar-refractivity contribution in [3.63, 3.8) is 0 Å². The van der Waals surface area contributed by atoms with Crippen LogP contribution in [0, 0.1) is 12.8 Å². The summed E-state index contributed by atoms with van der Waals surface area (Å²) in [6.07, 6.45) is 6.53. The first kappa shape index (κ1) is 13.5. The highest BCUT2D eigenvalue weighted by Gasteiger charge is 2.20. The average Bonchev–Trinajstić information content (AvgIpc) is 2.38. The standard InChI is InChI=1S/C14H19BrN2O/c1-10-13(3-2-8-16-10)14(18)17-9-11-4-6-12(15)7-5-11/h2-3,8,11-12H,4-7,9H2,1H3,(H,17,18). The van der Waals surface area contributed by atoms with Crippen LogP contribution in [0.25, 0.3) is 0 Å². The topological polar surface area (TPSA) is 42.0 Å². The van der Waals surface area contributed by atoms with Gasteiger partial charge in [-0.05, 0) is 50.7 Å². The van der Waals surface area contributed by atoms with Gasteiger partial charge in [-0.1, -0.05) is 15.9 Å². The number of carbonyl (C=O) groups is 1. The largest absolute Gasteiger partial charge is 0.352 e. The van der Waals surface area contributed by atoms with E-state index < -0.39 is 0 Å². The monoisotopic (exact) mass is 310 g/mol. The Kier molecular flexibility index (Phi) is 4.75. The summed E-state index contributed by atoms with van der Waals surface area (Å²) in [4.78, 5) is 16.8. The van der Waals surface area contributed by atoms with E-state index in [4.69, 9.17) is 0 Å². The molecule has 0 atom stereocenters. The Labute approximate surface area is 117 Å². The van der Waals surface area contributed by atoms with Crippen LogP contribution >= 0.6 is 15.9 Å². The summed E-state index contributed by atoms with van der Waals surface area (Å²) in [5, 5.41) is 3.03. The highest BCUT2D eigenvalue weighted by molar-refractivity contribution is 9.09. The molecule has 1 aromatic rings. The van der Waals surface area contributed by atoms with Crippen LogP contribution in [0.3, 0.4) is 0 Å². The van der Waals surface area contributed by atoms with Crippen LogP contribution in [-0.4, -0.2) is 22.3 Å². The zero-order valence-corrected chi connectivity index (χ0v) is 12.2. The van der Waals surface area contributed by atoms with E-state index in [9.17, 15) is 4.79 Å². The molecule has 0 bridgehead atoms. The Morgan fingerprint density at radius 3 is 2.83 bits per heavy atom. The van der Waals surface area contributed by atoms with Crippen molar-refractivity contribution in [1.82, 2.24) is 10.3 Å². The van der Waals surface area contributed by atoms with E-state index in [-0.39, 0.29) is 5.91 Å². The highest BCUT2D eigenvalue weighted by Crippen LogP contribution is 2.28. The van der Waals surface area contributed by atoms with Crippen molar-refractivity contribution >= 4 is 21.8 Å². The number of carbonyl (C=O) groups excluding carboxylic acids is 1. The first-order valence-electron chi connectivity index (χ1n) is 6.50. The number of hydrogen-bond acceptors (Lipinski definition) is 2. The molecule has 1 aromatic heterocycles. The van der Waals surface area contributed by atoms with Gasteiger partial charge in [-0.25, -0.2) is 0 Å². The van der Waals surface area contributed by atoms with E-state index in [2.05, 4.69) is 26.2 Å². The average molecular weight is 311 g/mol. The number of halogens is 1. The molecule has 1 heterocycles. The number of aromatic nitrogens is 1. The molecular weight excluding hydrogens is 292 g/mol. The minimum Gasteiger partial charge on any atom is -0.352 e. The molecule has 1 amide bonds. The molecule has 0 unspecified atom stereocenters. The molecule has 0 saturated heterocycles. The van der Waals surface area contributed by atoms with E-state index in [1.807, 2.05) is 13.0 Å². The fraction of sp³-hybridized carbons (Fsp3) is 0.571. The first-order chi connectivity index (χ1) is 8.66. The minimum atomic E-state index is 0.00145. The van der Waals surface area contributed by atoms with Gasteiger partial charge in [0.25, 0.3) is 5.91 Å². The molecule has 1 aliphatic carbocycles. The van der Waals surface area contributed by atoms with E-state index in [0.29, 0.717) is 16.3 Å². The van der Waals surface area contributed by atoms with Crippen LogP contribution in [0.1, 0.15) is 41.7 Å². The van der Waals surface area contributed by atoms with Gasteiger partial charge in [0.15, 0.2) is 0 Å². The lowest BCUT2D eigenvalue weighted by Crippen LogP contribution is -2.31. The van der Waals surface area contributed by atoms with Crippen LogP contribution < -0.4 is 5.32 Å². The van der Waals surface area contributed by atoms with E-state index in [1.165, 1.54) is 25.7 Å². The second-order valence-electron chi connectivity index (χ2n) is 4.96. The molecule has 98 valence electrons. The first-order valence-corrected chi connectivity index (χ1v) is 7.42. The summed E-state index contributed by atoms with van der Waals surface area (Å²) in [7, 11) is 0. The molecule has 1 saturated carbocycles. The Hall–Kier alpha value is -0.900. The van der Waals surface area contributed by atoms with Crippen molar-refractivity contribution in [2.45, 2.75) is 37.4 Å². The number of aryl methyl sites for hydroxylation is 1. The van der Waals surface area contributed by atoms with Crippen LogP contribution in [0.4, 0.5) is 0 Å². The predicted molar refractivity (Wildman–Crippen MR) is 76.0 cm³/mol. The lowest BCUT2D eigenvalue weighted by atomic mass is 9.89. The van der Waals surface area contributed by atoms with Crippen molar-refractivity contribution in [3.05, 3.63) is 29.6 Å². The summed E-state index contributed by atoms with van der Waals surface area (Å²) in [6.45, 7) is 2.65. The molecular formula is C14H19BrN2O. The Morgan fingerprint density at radius 1 is 1.44 bits per heavy atom. The zero-order chi connectivity index (χ0) is 13.0. The number of nitrogens with one attached hydrogen (secondary N) is 1. The fourth-order valence-electron chi connectivity index (χ4n) is 2.38. The maximum atomic E-state index is 12.0. The van der Waals surface area contributed by atoms with E-state index >= 15 is 0 Å². The number of nitrogens with zero attached hydrogens (tertiary/aromatic N) is 1. The van der Waals surface area contributed by atoms with Crippen LogP contribution in [0.2, 0.25) is 0 Å². The number of hydrogen-bond donors (Lipinski definition) is 1. The maximum Gasteiger partial charge on any atom is 0.253 e. The second-order valence-corrected chi connectivity index (χ2v) is 6.26. The third-order valence-corrected chi connectivity index (χ3v) is 4.49. The quantitative estimate of drug-likeness (QED) is 0.872. The van der Waals surface area contributed by atoms with Gasteiger partial charge in [0.05, 0.1) is 5.56 Å². The third kappa shape index (κ3) is 3.55. The summed E-state index contributed by atoms with van der Waals surface area (Å²) in [6, 6.07) is 3.63. The van der Waals surface area contributed by atoms with Crippen molar-refractivity contribution < 1.29 is 4.79 Å². The van der Waals surface area contributed by atoms with E-state index in [0.717, 1.165) is 12.2 Å². The SMILES string of the molecule is Cc1ncccc1C(=O)NCC1CCC(Br)CC1. The van der Waals surface area contributed by atoms with Gasteiger partial charge < -0.3 is 5.32 Å². The van der Waals surface area contributed by atoms with Gasteiger partial charge in [0.2, 0.25) is 0 Å². The smallest absolute Gasteiger partial charge is 0.253 e. The predicted octanol–water partition coefficient (Wildman–Crippen LogP) is 3.07. The molecule has 2 rings (SSSR count). The molecule has 1 aliphatic rings.